The highest BCUT2D eigenvalue weighted by Gasteiger charge is 2.26. The van der Waals surface area contributed by atoms with Gasteiger partial charge in [-0.2, -0.15) is 0 Å². The molecule has 0 bridgehead atoms. The van der Waals surface area contributed by atoms with E-state index in [2.05, 4.69) is 9.72 Å². The Morgan fingerprint density at radius 2 is 2.22 bits per heavy atom. The first-order valence-corrected chi connectivity index (χ1v) is 4.99. The molecule has 0 aromatic carbocycles. The zero-order chi connectivity index (χ0) is 13.9. The number of rotatable bonds is 4. The third kappa shape index (κ3) is 2.76. The maximum Gasteiger partial charge on any atom is 0.340 e. The SMILES string of the molecule is CCOC(=O)c1cc([N+](=O)[O-])c(C)nc1C(F)F. The normalized spacial score (nSPS) is 10.5. The van der Waals surface area contributed by atoms with Gasteiger partial charge in [0, 0.05) is 6.07 Å². The van der Waals surface area contributed by atoms with E-state index in [1.807, 2.05) is 0 Å². The van der Waals surface area contributed by atoms with Gasteiger partial charge in [0.25, 0.3) is 12.1 Å². The molecule has 0 saturated carbocycles. The molecule has 8 heteroatoms. The number of hydrogen-bond donors (Lipinski definition) is 0. The minimum Gasteiger partial charge on any atom is -0.462 e. The lowest BCUT2D eigenvalue weighted by molar-refractivity contribution is -0.385. The molecule has 1 heterocycles. The van der Waals surface area contributed by atoms with Gasteiger partial charge in [-0.05, 0) is 13.8 Å². The highest BCUT2D eigenvalue weighted by molar-refractivity contribution is 5.91. The number of alkyl halides is 2. The molecule has 0 aliphatic rings. The van der Waals surface area contributed by atoms with Gasteiger partial charge in [-0.15, -0.1) is 0 Å². The molecule has 0 saturated heterocycles. The first-order valence-electron chi connectivity index (χ1n) is 4.99. The summed E-state index contributed by atoms with van der Waals surface area (Å²) < 4.78 is 30.0. The second kappa shape index (κ2) is 5.48. The lowest BCUT2D eigenvalue weighted by Crippen LogP contribution is -2.12. The van der Waals surface area contributed by atoms with Crippen LogP contribution in [-0.4, -0.2) is 22.5 Å². The van der Waals surface area contributed by atoms with Crippen molar-refractivity contribution in [3.63, 3.8) is 0 Å². The van der Waals surface area contributed by atoms with E-state index in [0.29, 0.717) is 0 Å². The zero-order valence-corrected chi connectivity index (χ0v) is 9.65. The Balaban J connectivity index is 3.40. The minimum atomic E-state index is -3.01. The number of hydrogen-bond acceptors (Lipinski definition) is 5. The van der Waals surface area contributed by atoms with Gasteiger partial charge >= 0.3 is 5.97 Å². The molecule has 18 heavy (non-hydrogen) atoms. The minimum absolute atomic E-state index is 0.0246. The maximum atomic E-state index is 12.7. The van der Waals surface area contributed by atoms with Crippen molar-refractivity contribution in [2.75, 3.05) is 6.61 Å². The van der Waals surface area contributed by atoms with E-state index in [-0.39, 0.29) is 12.3 Å². The van der Waals surface area contributed by atoms with Crippen molar-refractivity contribution in [3.05, 3.63) is 33.1 Å². The number of nitrogens with zero attached hydrogens (tertiary/aromatic N) is 2. The quantitative estimate of drug-likeness (QED) is 0.471. The van der Waals surface area contributed by atoms with Crippen LogP contribution in [0.2, 0.25) is 0 Å². The van der Waals surface area contributed by atoms with E-state index in [9.17, 15) is 23.7 Å². The van der Waals surface area contributed by atoms with Crippen LogP contribution in [0.25, 0.3) is 0 Å². The van der Waals surface area contributed by atoms with Gasteiger partial charge in [0.2, 0.25) is 0 Å². The Morgan fingerprint density at radius 1 is 1.61 bits per heavy atom. The highest BCUT2D eigenvalue weighted by atomic mass is 19.3. The predicted molar refractivity (Wildman–Crippen MR) is 56.5 cm³/mol. The first-order chi connectivity index (χ1) is 8.38. The standard InChI is InChI=1S/C10H10F2N2O4/c1-3-18-10(15)6-4-7(14(16)17)5(2)13-8(6)9(11)12/h4,9H,3H2,1-2H3. The molecule has 0 N–H and O–H groups in total. The molecule has 0 aliphatic heterocycles. The average molecular weight is 260 g/mol. The Morgan fingerprint density at radius 3 is 2.67 bits per heavy atom. The molecule has 0 atom stereocenters. The molecule has 1 rings (SSSR count). The number of halogens is 2. The molecule has 98 valence electrons. The number of aromatic nitrogens is 1. The summed E-state index contributed by atoms with van der Waals surface area (Å²) in [6, 6.07) is 0.766. The molecule has 0 radical (unpaired) electrons. The van der Waals surface area contributed by atoms with E-state index >= 15 is 0 Å². The van der Waals surface area contributed by atoms with Crippen LogP contribution in [0, 0.1) is 17.0 Å². The van der Waals surface area contributed by atoms with Crippen LogP contribution in [0.3, 0.4) is 0 Å². The van der Waals surface area contributed by atoms with E-state index in [0.717, 1.165) is 6.07 Å². The molecule has 0 unspecified atom stereocenters. The molecule has 0 fully saturated rings. The summed E-state index contributed by atoms with van der Waals surface area (Å²) in [4.78, 5) is 24.7. The van der Waals surface area contributed by atoms with Crippen LogP contribution in [-0.2, 0) is 4.74 Å². The van der Waals surface area contributed by atoms with Crippen LogP contribution in [0.1, 0.15) is 35.1 Å². The molecule has 6 nitrogen and oxygen atoms in total. The van der Waals surface area contributed by atoms with Crippen molar-refractivity contribution in [3.8, 4) is 0 Å². The molecule has 1 aromatic heterocycles. The smallest absolute Gasteiger partial charge is 0.340 e. The van der Waals surface area contributed by atoms with Crippen molar-refractivity contribution >= 4 is 11.7 Å². The van der Waals surface area contributed by atoms with Crippen molar-refractivity contribution in [1.82, 2.24) is 4.98 Å². The van der Waals surface area contributed by atoms with Crippen LogP contribution in [0.4, 0.5) is 14.5 Å². The van der Waals surface area contributed by atoms with Gasteiger partial charge in [0.05, 0.1) is 17.1 Å². The van der Waals surface area contributed by atoms with E-state index in [1.54, 1.807) is 0 Å². The highest BCUT2D eigenvalue weighted by Crippen LogP contribution is 2.27. The van der Waals surface area contributed by atoms with Crippen LogP contribution in [0.15, 0.2) is 6.07 Å². The summed E-state index contributed by atoms with van der Waals surface area (Å²) in [5.74, 6) is -1.05. The predicted octanol–water partition coefficient (Wildman–Crippen LogP) is 2.41. The van der Waals surface area contributed by atoms with Crippen molar-refractivity contribution < 1.29 is 23.2 Å². The Bertz CT molecular complexity index is 491. The van der Waals surface area contributed by atoms with Crippen LogP contribution >= 0.6 is 0 Å². The van der Waals surface area contributed by atoms with Gasteiger partial charge in [-0.3, -0.25) is 10.1 Å². The topological polar surface area (TPSA) is 82.3 Å². The Hall–Kier alpha value is -2.12. The summed E-state index contributed by atoms with van der Waals surface area (Å²) in [6.07, 6.45) is -3.01. The monoisotopic (exact) mass is 260 g/mol. The number of nitro groups is 1. The lowest BCUT2D eigenvalue weighted by Gasteiger charge is -2.08. The second-order valence-corrected chi connectivity index (χ2v) is 3.30. The van der Waals surface area contributed by atoms with Gasteiger partial charge < -0.3 is 4.74 Å². The summed E-state index contributed by atoms with van der Waals surface area (Å²) in [5, 5.41) is 10.7. The molecule has 0 spiro atoms. The van der Waals surface area contributed by atoms with Gasteiger partial charge in [0.15, 0.2) is 0 Å². The van der Waals surface area contributed by atoms with Crippen molar-refractivity contribution in [2.45, 2.75) is 20.3 Å². The Kier molecular flexibility index (Phi) is 4.24. The number of pyridine rings is 1. The first kappa shape index (κ1) is 13.9. The maximum absolute atomic E-state index is 12.7. The molecule has 0 aliphatic carbocycles. The fourth-order valence-electron chi connectivity index (χ4n) is 1.34. The van der Waals surface area contributed by atoms with Crippen LogP contribution < -0.4 is 0 Å². The second-order valence-electron chi connectivity index (χ2n) is 3.30. The van der Waals surface area contributed by atoms with Crippen LogP contribution in [0.5, 0.6) is 0 Å². The fraction of sp³-hybridized carbons (Fsp3) is 0.400. The summed E-state index contributed by atoms with van der Waals surface area (Å²) >= 11 is 0. The molecule has 0 amide bonds. The number of aryl methyl sites for hydroxylation is 1. The number of esters is 1. The largest absolute Gasteiger partial charge is 0.462 e. The lowest BCUT2D eigenvalue weighted by atomic mass is 10.1. The van der Waals surface area contributed by atoms with Gasteiger partial charge in [0.1, 0.15) is 11.4 Å². The van der Waals surface area contributed by atoms with Crippen molar-refractivity contribution in [1.29, 1.82) is 0 Å². The number of ether oxygens (including phenoxy) is 1. The fourth-order valence-corrected chi connectivity index (χ4v) is 1.34. The summed E-state index contributed by atoms with van der Waals surface area (Å²) in [6.45, 7) is 2.69. The van der Waals surface area contributed by atoms with Gasteiger partial charge in [-0.1, -0.05) is 0 Å². The van der Waals surface area contributed by atoms with Gasteiger partial charge in [-0.25, -0.2) is 18.6 Å². The van der Waals surface area contributed by atoms with E-state index in [4.69, 9.17) is 0 Å². The average Bonchev–Trinajstić information content (AvgIpc) is 2.28. The third-order valence-electron chi connectivity index (χ3n) is 2.11. The molecule has 1 aromatic rings. The third-order valence-corrected chi connectivity index (χ3v) is 2.11. The zero-order valence-electron chi connectivity index (χ0n) is 9.65. The molecular weight excluding hydrogens is 250 g/mol. The summed E-state index contributed by atoms with van der Waals surface area (Å²) in [7, 11) is 0. The summed E-state index contributed by atoms with van der Waals surface area (Å²) in [5.41, 5.74) is -2.06. The van der Waals surface area contributed by atoms with E-state index in [1.165, 1.54) is 13.8 Å². The molecular formula is C10H10F2N2O4. The van der Waals surface area contributed by atoms with Crippen molar-refractivity contribution in [2.24, 2.45) is 0 Å². The Labute approximate surface area is 101 Å². The number of carbonyl (C=O) groups is 1. The number of carbonyl (C=O) groups excluding carboxylic acids is 1. The van der Waals surface area contributed by atoms with E-state index < -0.39 is 34.3 Å².